The number of hydrogen-bond donors (Lipinski definition) is 3. The van der Waals surface area contributed by atoms with Gasteiger partial charge in [-0.05, 0) is 72.1 Å². The van der Waals surface area contributed by atoms with Gasteiger partial charge in [0.1, 0.15) is 11.9 Å². The molecule has 6 nitrogen and oxygen atoms in total. The number of hydrogen-bond acceptors (Lipinski definition) is 4. The third kappa shape index (κ3) is 4.64. The van der Waals surface area contributed by atoms with Crippen LogP contribution in [0.2, 0.25) is 0 Å². The van der Waals surface area contributed by atoms with Crippen molar-refractivity contribution in [2.75, 3.05) is 6.54 Å². The number of ether oxygens (including phenoxy) is 1. The van der Waals surface area contributed by atoms with Crippen LogP contribution in [0.1, 0.15) is 38.7 Å². The Morgan fingerprint density at radius 2 is 1.94 bits per heavy atom. The summed E-state index contributed by atoms with van der Waals surface area (Å²) in [6.07, 6.45) is 2.91. The van der Waals surface area contributed by atoms with Crippen molar-refractivity contribution in [1.82, 2.24) is 4.98 Å². The van der Waals surface area contributed by atoms with E-state index in [4.69, 9.17) is 10.5 Å². The Bertz CT molecular complexity index is 1290. The van der Waals surface area contributed by atoms with Gasteiger partial charge in [-0.1, -0.05) is 24.3 Å². The molecule has 0 aliphatic heterocycles. The molecule has 4 rings (SSSR count). The Hall–Kier alpha value is -4.08. The first kappa shape index (κ1) is 21.2. The highest BCUT2D eigenvalue weighted by molar-refractivity contribution is 5.87. The number of rotatable bonds is 8. The summed E-state index contributed by atoms with van der Waals surface area (Å²) in [7, 11) is 0. The van der Waals surface area contributed by atoms with Crippen LogP contribution < -0.4 is 10.5 Å². The second kappa shape index (κ2) is 9.38. The highest BCUT2D eigenvalue weighted by Crippen LogP contribution is 2.30. The minimum absolute atomic E-state index is 0.221. The Balaban J connectivity index is 1.68. The third-order valence-electron chi connectivity index (χ3n) is 5.44. The van der Waals surface area contributed by atoms with E-state index in [-0.39, 0.29) is 11.7 Å². The average Bonchev–Trinajstić information content (AvgIpc) is 3.21. The average molecular weight is 425 g/mol. The van der Waals surface area contributed by atoms with Crippen molar-refractivity contribution in [3.05, 3.63) is 101 Å². The Kier molecular flexibility index (Phi) is 6.20. The van der Waals surface area contributed by atoms with Crippen LogP contribution in [0, 0.1) is 11.3 Å². The first-order valence-corrected chi connectivity index (χ1v) is 10.4. The highest BCUT2D eigenvalue weighted by atomic mass is 16.5. The zero-order valence-corrected chi connectivity index (χ0v) is 17.4. The van der Waals surface area contributed by atoms with Crippen LogP contribution in [0.25, 0.3) is 10.9 Å². The number of aromatic nitrogens is 1. The molecule has 1 atom stereocenters. The molecule has 6 heteroatoms. The van der Waals surface area contributed by atoms with Crippen LogP contribution in [0.5, 0.6) is 5.75 Å². The minimum atomic E-state index is -0.971. The van der Waals surface area contributed by atoms with Crippen LogP contribution in [0.3, 0.4) is 0 Å². The maximum atomic E-state index is 11.2. The molecule has 1 unspecified atom stereocenters. The monoisotopic (exact) mass is 425 g/mol. The number of nitriles is 1. The number of carboxylic acids is 1. The first-order valence-electron chi connectivity index (χ1n) is 10.4. The van der Waals surface area contributed by atoms with Gasteiger partial charge >= 0.3 is 5.97 Å². The molecule has 0 radical (unpaired) electrons. The molecule has 0 saturated carbocycles. The standard InChI is InChI=1S/C26H23N3O3/c27-11-10-21-16-29-24-9-8-22(14-23(21)24)32-25(13-17-2-1-3-18(12-17)15-28)19-4-6-20(7-5-19)26(30)31/h1-9,12,14,16,25,29H,10-11,13,27H2,(H,30,31). The van der Waals surface area contributed by atoms with E-state index in [0.29, 0.717) is 24.3 Å². The van der Waals surface area contributed by atoms with Gasteiger partial charge in [-0.15, -0.1) is 0 Å². The van der Waals surface area contributed by atoms with Crippen molar-refractivity contribution in [2.24, 2.45) is 5.73 Å². The zero-order chi connectivity index (χ0) is 22.5. The smallest absolute Gasteiger partial charge is 0.335 e. The molecule has 4 aromatic rings. The van der Waals surface area contributed by atoms with Gasteiger partial charge in [-0.3, -0.25) is 0 Å². The molecule has 160 valence electrons. The van der Waals surface area contributed by atoms with Gasteiger partial charge in [-0.25, -0.2) is 4.79 Å². The van der Waals surface area contributed by atoms with E-state index in [2.05, 4.69) is 11.1 Å². The Morgan fingerprint density at radius 3 is 2.66 bits per heavy atom. The number of aromatic carboxylic acids is 1. The molecule has 4 N–H and O–H groups in total. The number of nitrogens with two attached hydrogens (primary N) is 1. The van der Waals surface area contributed by atoms with Crippen LogP contribution in [-0.4, -0.2) is 22.6 Å². The van der Waals surface area contributed by atoms with Crippen molar-refractivity contribution in [3.8, 4) is 11.8 Å². The lowest BCUT2D eigenvalue weighted by atomic mass is 9.99. The molecule has 0 fully saturated rings. The predicted octanol–water partition coefficient (Wildman–Crippen LogP) is 4.60. The molecule has 1 heterocycles. The zero-order valence-electron chi connectivity index (χ0n) is 17.4. The number of H-pyrrole nitrogens is 1. The van der Waals surface area contributed by atoms with Crippen molar-refractivity contribution < 1.29 is 14.6 Å². The summed E-state index contributed by atoms with van der Waals surface area (Å²) >= 11 is 0. The summed E-state index contributed by atoms with van der Waals surface area (Å²) < 4.78 is 6.41. The third-order valence-corrected chi connectivity index (χ3v) is 5.44. The number of nitrogens with zero attached hydrogens (tertiary/aromatic N) is 1. The molecule has 0 spiro atoms. The van der Waals surface area contributed by atoms with Crippen molar-refractivity contribution in [2.45, 2.75) is 18.9 Å². The molecular formula is C26H23N3O3. The number of nitrogens with one attached hydrogen (secondary N) is 1. The van der Waals surface area contributed by atoms with Crippen LogP contribution in [0.4, 0.5) is 0 Å². The van der Waals surface area contributed by atoms with Crippen molar-refractivity contribution in [1.29, 1.82) is 5.26 Å². The number of aromatic amines is 1. The second-order valence-electron chi connectivity index (χ2n) is 7.61. The fourth-order valence-corrected chi connectivity index (χ4v) is 3.81. The summed E-state index contributed by atoms with van der Waals surface area (Å²) in [6, 6.07) is 22.2. The number of carboxylic acid groups (broad SMARTS) is 1. The molecule has 0 saturated heterocycles. The molecule has 0 amide bonds. The Morgan fingerprint density at radius 1 is 1.12 bits per heavy atom. The van der Waals surface area contributed by atoms with Crippen molar-refractivity contribution in [3.63, 3.8) is 0 Å². The fraction of sp³-hybridized carbons (Fsp3) is 0.154. The van der Waals surface area contributed by atoms with Gasteiger partial charge < -0.3 is 20.6 Å². The maximum Gasteiger partial charge on any atom is 0.335 e. The number of benzene rings is 3. The van der Waals surface area contributed by atoms with Crippen molar-refractivity contribution >= 4 is 16.9 Å². The number of carbonyl (C=O) groups is 1. The van der Waals surface area contributed by atoms with Gasteiger partial charge in [0.05, 0.1) is 17.2 Å². The lowest BCUT2D eigenvalue weighted by Gasteiger charge is -2.20. The van der Waals surface area contributed by atoms with Crippen LogP contribution in [0.15, 0.2) is 72.9 Å². The van der Waals surface area contributed by atoms with E-state index in [0.717, 1.165) is 34.0 Å². The SMILES string of the molecule is N#Cc1cccc(CC(Oc2ccc3[nH]cc(CCN)c3c2)c2ccc(C(=O)O)cc2)c1. The molecule has 32 heavy (non-hydrogen) atoms. The van der Waals surface area contributed by atoms with Gasteiger partial charge in [0, 0.05) is 23.5 Å². The number of fused-ring (bicyclic) bond motifs is 1. The molecule has 1 aromatic heterocycles. The maximum absolute atomic E-state index is 11.2. The summed E-state index contributed by atoms with van der Waals surface area (Å²) in [5.74, 6) is -0.264. The van der Waals surface area contributed by atoms with Crippen LogP contribution >= 0.6 is 0 Å². The van der Waals surface area contributed by atoms with E-state index in [1.54, 1.807) is 30.3 Å². The molecule has 0 bridgehead atoms. The largest absolute Gasteiger partial charge is 0.485 e. The molecular weight excluding hydrogens is 402 g/mol. The van der Waals surface area contributed by atoms with E-state index in [9.17, 15) is 15.2 Å². The van der Waals surface area contributed by atoms with E-state index in [1.807, 2.05) is 42.6 Å². The molecule has 0 aliphatic carbocycles. The first-order chi connectivity index (χ1) is 15.6. The highest BCUT2D eigenvalue weighted by Gasteiger charge is 2.17. The Labute approximate surface area is 185 Å². The molecule has 0 aliphatic rings. The predicted molar refractivity (Wildman–Crippen MR) is 123 cm³/mol. The lowest BCUT2D eigenvalue weighted by molar-refractivity contribution is 0.0696. The van der Waals surface area contributed by atoms with Gasteiger partial charge in [0.25, 0.3) is 0 Å². The topological polar surface area (TPSA) is 112 Å². The second-order valence-corrected chi connectivity index (χ2v) is 7.61. The fourth-order valence-electron chi connectivity index (χ4n) is 3.81. The van der Waals surface area contributed by atoms with Gasteiger partial charge in [-0.2, -0.15) is 5.26 Å². The summed E-state index contributed by atoms with van der Waals surface area (Å²) in [6.45, 7) is 0.561. The minimum Gasteiger partial charge on any atom is -0.485 e. The van der Waals surface area contributed by atoms with E-state index in [1.165, 1.54) is 0 Å². The normalized spacial score (nSPS) is 11.8. The quantitative estimate of drug-likeness (QED) is 0.382. The molecule has 3 aromatic carbocycles. The summed E-state index contributed by atoms with van der Waals surface area (Å²) in [5.41, 5.74) is 10.5. The summed E-state index contributed by atoms with van der Waals surface area (Å²) in [5, 5.41) is 19.5. The van der Waals surface area contributed by atoms with Gasteiger partial charge in [0.2, 0.25) is 0 Å². The lowest BCUT2D eigenvalue weighted by Crippen LogP contribution is -2.12. The van der Waals surface area contributed by atoms with E-state index >= 15 is 0 Å². The van der Waals surface area contributed by atoms with Crippen LogP contribution in [-0.2, 0) is 12.8 Å². The van der Waals surface area contributed by atoms with E-state index < -0.39 is 5.97 Å². The summed E-state index contributed by atoms with van der Waals surface area (Å²) in [4.78, 5) is 14.5. The van der Waals surface area contributed by atoms with Gasteiger partial charge in [0.15, 0.2) is 0 Å².